The summed E-state index contributed by atoms with van der Waals surface area (Å²) in [6.45, 7) is 7.37. The zero-order valence-corrected chi connectivity index (χ0v) is 8.58. The van der Waals surface area contributed by atoms with Crippen molar-refractivity contribution in [1.29, 1.82) is 0 Å². The van der Waals surface area contributed by atoms with Crippen molar-refractivity contribution in [2.24, 2.45) is 5.92 Å². The molecule has 0 aliphatic heterocycles. The topological polar surface area (TPSA) is 63.6 Å². The number of rotatable bonds is 6. The molecule has 0 amide bonds. The molecule has 0 aliphatic carbocycles. The Bertz CT molecular complexity index is 232. The van der Waals surface area contributed by atoms with Gasteiger partial charge < -0.3 is 9.84 Å². The summed E-state index contributed by atoms with van der Waals surface area (Å²) in [4.78, 5) is 21.9. The smallest absolute Gasteiger partial charge is 0.320 e. The van der Waals surface area contributed by atoms with Gasteiger partial charge >= 0.3 is 11.9 Å². The summed E-state index contributed by atoms with van der Waals surface area (Å²) in [5.74, 6) is -2.95. The molecule has 4 nitrogen and oxygen atoms in total. The second kappa shape index (κ2) is 6.18. The van der Waals surface area contributed by atoms with Crippen LogP contribution in [0.4, 0.5) is 0 Å². The number of hydrogen-bond acceptors (Lipinski definition) is 3. The molecule has 0 aromatic carbocycles. The first-order valence-electron chi connectivity index (χ1n) is 4.59. The van der Waals surface area contributed by atoms with Crippen molar-refractivity contribution < 1.29 is 19.4 Å². The zero-order valence-electron chi connectivity index (χ0n) is 8.58. The van der Waals surface area contributed by atoms with E-state index in [9.17, 15) is 9.59 Å². The van der Waals surface area contributed by atoms with Crippen molar-refractivity contribution in [3.05, 3.63) is 12.2 Å². The standard InChI is InChI=1S/C10H16O4/c1-4-7(3)6-8(9(11)12)10(13)14-5-2/h8H,3-6H2,1-2H3,(H,11,12). The third-order valence-corrected chi connectivity index (χ3v) is 1.86. The van der Waals surface area contributed by atoms with Crippen molar-refractivity contribution in [3.8, 4) is 0 Å². The first-order valence-corrected chi connectivity index (χ1v) is 4.59. The number of hydrogen-bond donors (Lipinski definition) is 1. The number of esters is 1. The lowest BCUT2D eigenvalue weighted by Gasteiger charge is -2.11. The van der Waals surface area contributed by atoms with Gasteiger partial charge in [-0.25, -0.2) is 0 Å². The summed E-state index contributed by atoms with van der Waals surface area (Å²) in [5.41, 5.74) is 0.741. The quantitative estimate of drug-likeness (QED) is 0.402. The largest absolute Gasteiger partial charge is 0.481 e. The van der Waals surface area contributed by atoms with E-state index in [1.54, 1.807) is 6.92 Å². The van der Waals surface area contributed by atoms with Crippen LogP contribution >= 0.6 is 0 Å². The molecule has 1 unspecified atom stereocenters. The number of carboxylic acids is 1. The monoisotopic (exact) mass is 200 g/mol. The molecule has 0 radical (unpaired) electrons. The van der Waals surface area contributed by atoms with E-state index in [0.717, 1.165) is 5.57 Å². The van der Waals surface area contributed by atoms with Gasteiger partial charge in [0.25, 0.3) is 0 Å². The Balaban J connectivity index is 4.36. The Kier molecular flexibility index (Phi) is 5.60. The van der Waals surface area contributed by atoms with Crippen molar-refractivity contribution in [2.75, 3.05) is 6.61 Å². The molecule has 1 N–H and O–H groups in total. The molecule has 0 aromatic rings. The van der Waals surface area contributed by atoms with Crippen LogP contribution in [-0.2, 0) is 14.3 Å². The fourth-order valence-electron chi connectivity index (χ4n) is 0.947. The predicted molar refractivity (Wildman–Crippen MR) is 51.8 cm³/mol. The molecule has 0 aromatic heterocycles. The number of ether oxygens (including phenoxy) is 1. The van der Waals surface area contributed by atoms with Gasteiger partial charge in [-0.3, -0.25) is 9.59 Å². The lowest BCUT2D eigenvalue weighted by Crippen LogP contribution is -2.26. The lowest BCUT2D eigenvalue weighted by molar-refractivity contribution is -0.158. The Hall–Kier alpha value is -1.32. The van der Waals surface area contributed by atoms with Gasteiger partial charge in [0.2, 0.25) is 0 Å². The molecule has 4 heteroatoms. The van der Waals surface area contributed by atoms with Gasteiger partial charge in [-0.1, -0.05) is 19.1 Å². The van der Waals surface area contributed by atoms with E-state index in [2.05, 4.69) is 11.3 Å². The summed E-state index contributed by atoms with van der Waals surface area (Å²) in [7, 11) is 0. The fourth-order valence-corrected chi connectivity index (χ4v) is 0.947. The number of carboxylic acid groups (broad SMARTS) is 1. The minimum Gasteiger partial charge on any atom is -0.481 e. The Morgan fingerprint density at radius 3 is 2.36 bits per heavy atom. The molecule has 0 fully saturated rings. The molecule has 0 saturated carbocycles. The van der Waals surface area contributed by atoms with E-state index in [-0.39, 0.29) is 13.0 Å². The number of carbonyl (C=O) groups excluding carboxylic acids is 1. The Morgan fingerprint density at radius 2 is 2.00 bits per heavy atom. The maximum absolute atomic E-state index is 11.2. The molecule has 0 aliphatic rings. The third-order valence-electron chi connectivity index (χ3n) is 1.86. The van der Waals surface area contributed by atoms with Gasteiger partial charge in [-0.05, 0) is 19.8 Å². The molecule has 14 heavy (non-hydrogen) atoms. The maximum atomic E-state index is 11.2. The van der Waals surface area contributed by atoms with Crippen LogP contribution in [0.3, 0.4) is 0 Å². The van der Waals surface area contributed by atoms with Crippen LogP contribution in [-0.4, -0.2) is 23.7 Å². The third kappa shape index (κ3) is 4.07. The average molecular weight is 200 g/mol. The van der Waals surface area contributed by atoms with Crippen LogP contribution in [0.1, 0.15) is 26.7 Å². The maximum Gasteiger partial charge on any atom is 0.320 e. The number of allylic oxidation sites excluding steroid dienone is 1. The highest BCUT2D eigenvalue weighted by Gasteiger charge is 2.27. The molecule has 1 atom stereocenters. The average Bonchev–Trinajstić information content (AvgIpc) is 2.13. The Morgan fingerprint density at radius 1 is 1.43 bits per heavy atom. The molecule has 0 heterocycles. The normalized spacial score (nSPS) is 11.9. The first kappa shape index (κ1) is 12.7. The summed E-state index contributed by atoms with van der Waals surface area (Å²) in [6, 6.07) is 0. The van der Waals surface area contributed by atoms with E-state index in [0.29, 0.717) is 6.42 Å². The van der Waals surface area contributed by atoms with E-state index < -0.39 is 17.9 Å². The summed E-state index contributed by atoms with van der Waals surface area (Å²) >= 11 is 0. The molecule has 0 rings (SSSR count). The SMILES string of the molecule is C=C(CC)CC(C(=O)O)C(=O)OCC. The zero-order chi connectivity index (χ0) is 11.1. The predicted octanol–water partition coefficient (Wildman–Crippen LogP) is 1.61. The highest BCUT2D eigenvalue weighted by atomic mass is 16.5. The fraction of sp³-hybridized carbons (Fsp3) is 0.600. The van der Waals surface area contributed by atoms with Crippen LogP contribution in [0.2, 0.25) is 0 Å². The minimum absolute atomic E-state index is 0.157. The lowest BCUT2D eigenvalue weighted by atomic mass is 9.99. The van der Waals surface area contributed by atoms with E-state index in [4.69, 9.17) is 5.11 Å². The van der Waals surface area contributed by atoms with E-state index in [1.807, 2.05) is 6.92 Å². The van der Waals surface area contributed by atoms with Gasteiger partial charge in [0, 0.05) is 0 Å². The summed E-state index contributed by atoms with van der Waals surface area (Å²) in [5, 5.41) is 8.77. The molecule has 0 bridgehead atoms. The molecule has 80 valence electrons. The van der Waals surface area contributed by atoms with Gasteiger partial charge in [-0.15, -0.1) is 0 Å². The van der Waals surface area contributed by atoms with Crippen molar-refractivity contribution >= 4 is 11.9 Å². The number of carbonyl (C=O) groups is 2. The second-order valence-electron chi connectivity index (χ2n) is 2.95. The van der Waals surface area contributed by atoms with Crippen LogP contribution in [0, 0.1) is 5.92 Å². The second-order valence-corrected chi connectivity index (χ2v) is 2.95. The summed E-state index contributed by atoms with van der Waals surface area (Å²) in [6.07, 6.45) is 0.827. The van der Waals surface area contributed by atoms with Crippen molar-refractivity contribution in [3.63, 3.8) is 0 Å². The molecular formula is C10H16O4. The minimum atomic E-state index is -1.15. The first-order chi connectivity index (χ1) is 6.52. The van der Waals surface area contributed by atoms with Crippen molar-refractivity contribution in [1.82, 2.24) is 0 Å². The van der Waals surface area contributed by atoms with E-state index in [1.165, 1.54) is 0 Å². The van der Waals surface area contributed by atoms with Crippen LogP contribution in [0.5, 0.6) is 0 Å². The van der Waals surface area contributed by atoms with Gasteiger partial charge in [0.15, 0.2) is 5.92 Å². The number of aliphatic carboxylic acids is 1. The summed E-state index contributed by atoms with van der Waals surface area (Å²) < 4.78 is 4.65. The van der Waals surface area contributed by atoms with Crippen molar-refractivity contribution in [2.45, 2.75) is 26.7 Å². The Labute approximate surface area is 83.6 Å². The highest BCUT2D eigenvalue weighted by molar-refractivity contribution is 5.94. The van der Waals surface area contributed by atoms with Crippen LogP contribution in [0.25, 0.3) is 0 Å². The molecule has 0 spiro atoms. The van der Waals surface area contributed by atoms with Gasteiger partial charge in [0.1, 0.15) is 0 Å². The van der Waals surface area contributed by atoms with Gasteiger partial charge in [0.05, 0.1) is 6.61 Å². The van der Waals surface area contributed by atoms with E-state index >= 15 is 0 Å². The van der Waals surface area contributed by atoms with Crippen LogP contribution < -0.4 is 0 Å². The molecular weight excluding hydrogens is 184 g/mol. The van der Waals surface area contributed by atoms with Gasteiger partial charge in [-0.2, -0.15) is 0 Å². The highest BCUT2D eigenvalue weighted by Crippen LogP contribution is 2.14. The van der Waals surface area contributed by atoms with Crippen LogP contribution in [0.15, 0.2) is 12.2 Å². The molecule has 0 saturated heterocycles.